The number of nitrogens with zero attached hydrogens (tertiary/aromatic N) is 3. The van der Waals surface area contributed by atoms with E-state index < -0.39 is 6.23 Å². The van der Waals surface area contributed by atoms with Crippen LogP contribution in [0.25, 0.3) is 17.3 Å². The van der Waals surface area contributed by atoms with E-state index in [1.165, 1.54) is 0 Å². The summed E-state index contributed by atoms with van der Waals surface area (Å²) in [5.74, 6) is 0.558. The predicted molar refractivity (Wildman–Crippen MR) is 131 cm³/mol. The molecule has 1 aliphatic heterocycles. The third-order valence-corrected chi connectivity index (χ3v) is 6.84. The Bertz CT molecular complexity index is 1160. The Labute approximate surface area is 201 Å². The molecule has 3 aromatic rings. The third-order valence-electron chi connectivity index (χ3n) is 5.96. The van der Waals surface area contributed by atoms with E-state index in [4.69, 9.17) is 9.40 Å². The van der Waals surface area contributed by atoms with Crippen LogP contribution in [0.3, 0.4) is 0 Å². The van der Waals surface area contributed by atoms with Gasteiger partial charge in [-0.2, -0.15) is 0 Å². The first kappa shape index (κ1) is 22.6. The quantitative estimate of drug-likeness (QED) is 0.402. The molecule has 0 radical (unpaired) electrons. The number of pyridine rings is 1. The second-order valence-electron chi connectivity index (χ2n) is 8.39. The van der Waals surface area contributed by atoms with Gasteiger partial charge in [-0.15, -0.1) is 0 Å². The van der Waals surface area contributed by atoms with Crippen molar-refractivity contribution in [1.29, 1.82) is 0 Å². The maximum absolute atomic E-state index is 11.4. The molecule has 2 aliphatic rings. The number of aliphatic hydroxyl groups excluding tert-OH is 1. The highest BCUT2D eigenvalue weighted by Gasteiger charge is 2.26. The van der Waals surface area contributed by atoms with Crippen LogP contribution in [-0.2, 0) is 6.54 Å². The molecule has 1 saturated carbocycles. The smallest absolute Gasteiger partial charge is 0.285 e. The van der Waals surface area contributed by atoms with Gasteiger partial charge < -0.3 is 25.5 Å². The molecule has 2 fully saturated rings. The second-order valence-corrected chi connectivity index (χ2v) is 9.43. The van der Waals surface area contributed by atoms with Gasteiger partial charge in [-0.1, -0.05) is 6.07 Å². The molecule has 5 rings (SSSR count). The maximum atomic E-state index is 11.4. The average molecular weight is 479 g/mol. The summed E-state index contributed by atoms with van der Waals surface area (Å²) >= 11 is 0.978. The zero-order chi connectivity index (χ0) is 23.3. The summed E-state index contributed by atoms with van der Waals surface area (Å²) in [6.45, 7) is 0.732. The number of rotatable bonds is 7. The Morgan fingerprint density at radius 3 is 2.76 bits per heavy atom. The molecule has 0 bridgehead atoms. The monoisotopic (exact) mass is 478 g/mol. The fraction of sp³-hybridized carbons (Fsp3) is 0.333. The number of thioether (sulfide) groups is 1. The zero-order valence-electron chi connectivity index (χ0n) is 18.5. The minimum Gasteiger partial charge on any atom is -0.472 e. The van der Waals surface area contributed by atoms with E-state index in [1.54, 1.807) is 30.9 Å². The topological polar surface area (TPSA) is 125 Å². The first-order valence-electron chi connectivity index (χ1n) is 11.3. The lowest BCUT2D eigenvalue weighted by Crippen LogP contribution is -2.37. The predicted octanol–water partition coefficient (Wildman–Crippen LogP) is 3.76. The Morgan fingerprint density at radius 2 is 2.00 bits per heavy atom. The number of nitrogens with one attached hydrogen (secondary N) is 3. The van der Waals surface area contributed by atoms with Crippen molar-refractivity contribution in [3.8, 4) is 11.3 Å². The lowest BCUT2D eigenvalue weighted by molar-refractivity contribution is 0.192. The Morgan fingerprint density at radius 1 is 1.15 bits per heavy atom. The molecule has 176 valence electrons. The van der Waals surface area contributed by atoms with Gasteiger partial charge in [0.25, 0.3) is 5.24 Å². The largest absolute Gasteiger partial charge is 0.472 e. The number of aromatic nitrogens is 3. The van der Waals surface area contributed by atoms with Gasteiger partial charge in [0.2, 0.25) is 5.95 Å². The molecule has 4 heterocycles. The van der Waals surface area contributed by atoms with E-state index in [9.17, 15) is 9.90 Å². The minimum absolute atomic E-state index is 0.266. The van der Waals surface area contributed by atoms with Gasteiger partial charge in [0, 0.05) is 35.3 Å². The molecule has 9 nitrogen and oxygen atoms in total. The lowest BCUT2D eigenvalue weighted by Gasteiger charge is -2.29. The summed E-state index contributed by atoms with van der Waals surface area (Å²) in [5.41, 5.74) is 3.57. The number of carbonyl (C=O) groups excluding carboxylic acids is 1. The van der Waals surface area contributed by atoms with E-state index in [-0.39, 0.29) is 5.24 Å². The highest BCUT2D eigenvalue weighted by Crippen LogP contribution is 2.28. The molecule has 1 saturated heterocycles. The number of furan rings is 1. The van der Waals surface area contributed by atoms with Crippen molar-refractivity contribution in [1.82, 2.24) is 25.6 Å². The summed E-state index contributed by atoms with van der Waals surface area (Å²) in [6, 6.07) is 10.5. The standard InChI is InChI=1S/C24H26N6O3S/c31-22-21(34-24(32)30-22)12-18-8-10-25-23(29-18)28-17-6-4-16(5-7-17)26-13-19-2-1-3-20(27-19)15-9-11-33-14-15/h1-3,8-12,14,16-17,22,26,31H,4-7,13H2,(H,30,32)(H,25,28,29)/b21-12-/t16-,17-,22?. The van der Waals surface area contributed by atoms with E-state index in [0.29, 0.717) is 28.6 Å². The highest BCUT2D eigenvalue weighted by molar-refractivity contribution is 8.17. The normalized spacial score (nSPS) is 23.7. The molecule has 4 N–H and O–H groups in total. The van der Waals surface area contributed by atoms with Crippen LogP contribution in [-0.4, -0.2) is 43.6 Å². The van der Waals surface area contributed by atoms with Crippen LogP contribution in [0.4, 0.5) is 10.7 Å². The van der Waals surface area contributed by atoms with Gasteiger partial charge in [-0.05, 0) is 67.8 Å². The minimum atomic E-state index is -0.977. The fourth-order valence-corrected chi connectivity index (χ4v) is 4.91. The Hall–Kier alpha value is -3.21. The van der Waals surface area contributed by atoms with Crippen molar-refractivity contribution in [2.75, 3.05) is 5.32 Å². The molecular weight excluding hydrogens is 452 g/mol. The van der Waals surface area contributed by atoms with Crippen molar-refractivity contribution in [2.24, 2.45) is 0 Å². The van der Waals surface area contributed by atoms with Crippen molar-refractivity contribution < 1.29 is 14.3 Å². The summed E-state index contributed by atoms with van der Waals surface area (Å²) in [7, 11) is 0. The summed E-state index contributed by atoms with van der Waals surface area (Å²) in [6.07, 6.45) is 9.92. The highest BCUT2D eigenvalue weighted by atomic mass is 32.2. The van der Waals surface area contributed by atoms with Crippen LogP contribution in [0.5, 0.6) is 0 Å². The van der Waals surface area contributed by atoms with Gasteiger partial charge in [0.1, 0.15) is 0 Å². The van der Waals surface area contributed by atoms with Crippen LogP contribution < -0.4 is 16.0 Å². The summed E-state index contributed by atoms with van der Waals surface area (Å²) in [5, 5.41) is 19.1. The van der Waals surface area contributed by atoms with Crippen molar-refractivity contribution in [2.45, 2.75) is 50.5 Å². The van der Waals surface area contributed by atoms with Crippen molar-refractivity contribution >= 4 is 29.0 Å². The molecule has 1 atom stereocenters. The molecule has 1 aliphatic carbocycles. The number of aliphatic hydroxyl groups is 1. The maximum Gasteiger partial charge on any atom is 0.285 e. The summed E-state index contributed by atoms with van der Waals surface area (Å²) < 4.78 is 5.16. The van der Waals surface area contributed by atoms with Crippen molar-refractivity contribution in [3.05, 3.63) is 65.3 Å². The number of amides is 1. The van der Waals surface area contributed by atoms with E-state index in [0.717, 1.165) is 60.9 Å². The zero-order valence-corrected chi connectivity index (χ0v) is 19.3. The lowest BCUT2D eigenvalue weighted by atomic mass is 9.91. The van der Waals surface area contributed by atoms with Crippen LogP contribution >= 0.6 is 11.8 Å². The van der Waals surface area contributed by atoms with Crippen LogP contribution in [0.15, 0.2) is 58.4 Å². The molecule has 3 aromatic heterocycles. The molecule has 1 amide bonds. The SMILES string of the molecule is O=C1NC(O)/C(=C/c2ccnc(N[C@H]3CC[C@H](NCc4cccc(-c5ccoc5)n4)CC3)n2)S1. The number of hydrogen-bond acceptors (Lipinski definition) is 9. The van der Waals surface area contributed by atoms with E-state index >= 15 is 0 Å². The van der Waals surface area contributed by atoms with Gasteiger partial charge in [-0.3, -0.25) is 9.78 Å². The summed E-state index contributed by atoms with van der Waals surface area (Å²) in [4.78, 5) is 25.5. The third kappa shape index (κ3) is 5.64. The van der Waals surface area contributed by atoms with Gasteiger partial charge in [-0.25, -0.2) is 9.97 Å². The van der Waals surface area contributed by atoms with Crippen LogP contribution in [0.1, 0.15) is 37.1 Å². The molecule has 10 heteroatoms. The average Bonchev–Trinajstić information content (AvgIpc) is 3.49. The molecular formula is C24H26N6O3S. The van der Waals surface area contributed by atoms with Gasteiger partial charge in [0.15, 0.2) is 6.23 Å². The number of hydrogen-bond donors (Lipinski definition) is 4. The van der Waals surface area contributed by atoms with Gasteiger partial charge >= 0.3 is 0 Å². The van der Waals surface area contributed by atoms with Crippen LogP contribution in [0, 0.1) is 0 Å². The Kier molecular flexibility index (Phi) is 6.89. The molecule has 34 heavy (non-hydrogen) atoms. The van der Waals surface area contributed by atoms with Crippen molar-refractivity contribution in [3.63, 3.8) is 0 Å². The molecule has 0 spiro atoms. The molecule has 0 aromatic carbocycles. The number of anilines is 1. The van der Waals surface area contributed by atoms with Crippen LogP contribution in [0.2, 0.25) is 0 Å². The molecule has 1 unspecified atom stereocenters. The van der Waals surface area contributed by atoms with Gasteiger partial charge in [0.05, 0.1) is 29.6 Å². The first-order valence-corrected chi connectivity index (χ1v) is 12.1. The number of carbonyl (C=O) groups is 1. The van der Waals surface area contributed by atoms with E-state index in [2.05, 4.69) is 25.9 Å². The Balaban J connectivity index is 1.11. The second kappa shape index (κ2) is 10.4. The fourth-order valence-electron chi connectivity index (χ4n) is 4.17. The first-order chi connectivity index (χ1) is 16.6. The van der Waals surface area contributed by atoms with E-state index in [1.807, 2.05) is 24.3 Å².